The lowest BCUT2D eigenvalue weighted by Crippen LogP contribution is -2.44. The third-order valence-corrected chi connectivity index (χ3v) is 9.84. The number of nitrogens with zero attached hydrogens (tertiary/aromatic N) is 6. The second kappa shape index (κ2) is 14.0. The molecule has 0 spiro atoms. The number of pyridine rings is 1. The van der Waals surface area contributed by atoms with Gasteiger partial charge in [-0.1, -0.05) is 74.3 Å². The number of amides is 2. The summed E-state index contributed by atoms with van der Waals surface area (Å²) in [6.07, 6.45) is 3.07. The van der Waals surface area contributed by atoms with Gasteiger partial charge in [-0.15, -0.1) is 10.2 Å². The fraction of sp³-hybridized carbons (Fsp3) is 0.389. The first kappa shape index (κ1) is 33.3. The van der Waals surface area contributed by atoms with Gasteiger partial charge in [0, 0.05) is 44.2 Å². The first-order chi connectivity index (χ1) is 23.6. The molecule has 7 rings (SSSR count). The number of aromatic nitrogens is 5. The quantitative estimate of drug-likeness (QED) is 0.162. The van der Waals surface area contributed by atoms with Crippen LogP contribution in [0.2, 0.25) is 10.0 Å². The van der Waals surface area contributed by atoms with E-state index in [2.05, 4.69) is 64.0 Å². The molecule has 3 N–H and O–H groups in total. The number of hydrogen-bond donors (Lipinski definition) is 3. The highest BCUT2D eigenvalue weighted by Gasteiger charge is 2.30. The van der Waals surface area contributed by atoms with Crippen LogP contribution in [0.5, 0.6) is 5.75 Å². The topological polar surface area (TPSA) is 114 Å². The number of piperazine rings is 1. The molecule has 11 nitrogen and oxygen atoms in total. The molecule has 0 radical (unpaired) electrons. The van der Waals surface area contributed by atoms with Crippen LogP contribution in [0.1, 0.15) is 62.6 Å². The molecule has 3 aromatic heterocycles. The fourth-order valence-electron chi connectivity index (χ4n) is 6.55. The summed E-state index contributed by atoms with van der Waals surface area (Å²) in [6.45, 7) is 12.0. The minimum atomic E-state index is -0.258. The van der Waals surface area contributed by atoms with E-state index in [1.807, 2.05) is 45.6 Å². The molecule has 1 aliphatic heterocycles. The molecule has 2 amide bonds. The van der Waals surface area contributed by atoms with Crippen LogP contribution in [0.15, 0.2) is 66.9 Å². The molecule has 4 heterocycles. The number of ether oxygens (including phenoxy) is 1. The maximum absolute atomic E-state index is 13.5. The van der Waals surface area contributed by atoms with Crippen LogP contribution >= 0.6 is 23.2 Å². The molecule has 0 saturated carbocycles. The van der Waals surface area contributed by atoms with E-state index in [-0.39, 0.29) is 23.6 Å². The number of hydrogen-bond acceptors (Lipinski definition) is 7. The van der Waals surface area contributed by atoms with Gasteiger partial charge in [0.25, 0.3) is 0 Å². The smallest absolute Gasteiger partial charge is 0.320 e. The highest BCUT2D eigenvalue weighted by Crippen LogP contribution is 2.40. The summed E-state index contributed by atoms with van der Waals surface area (Å²) in [6, 6.07) is 18.8. The molecular formula is C36H41Cl2N9O2. The lowest BCUT2D eigenvalue weighted by molar-refractivity contribution is 0.171. The number of rotatable bonds is 8. The van der Waals surface area contributed by atoms with E-state index < -0.39 is 0 Å². The molecule has 13 heteroatoms. The van der Waals surface area contributed by atoms with Gasteiger partial charge in [-0.3, -0.25) is 14.6 Å². The standard InChI is InChI=1S/C36H41Cl2N9O2/c1-36(2,3)30-21-32(47(44-30)20-19-45-17-15-39-16-18-45)41-35(48)40-28-12-13-29(25-8-5-4-7-24(25)28)49-23-11-14-31-42-43-34(46(31)22-23)33-26(37)9-6-10-27(33)38/h4-11,14,21-22,28-29,39H,12-13,15-20H2,1-3H3,(H2,40,41,48)/t28-,29+/m0/s1. The molecule has 2 aliphatic rings. The Balaban J connectivity index is 1.06. The van der Waals surface area contributed by atoms with E-state index in [1.165, 1.54) is 0 Å². The third-order valence-electron chi connectivity index (χ3n) is 9.21. The van der Waals surface area contributed by atoms with E-state index in [0.29, 0.717) is 58.0 Å². The average Bonchev–Trinajstić information content (AvgIpc) is 3.69. The van der Waals surface area contributed by atoms with Crippen LogP contribution in [-0.4, -0.2) is 68.0 Å². The van der Waals surface area contributed by atoms with Crippen molar-refractivity contribution in [2.24, 2.45) is 0 Å². The van der Waals surface area contributed by atoms with Crippen molar-refractivity contribution >= 4 is 40.7 Å². The largest absolute Gasteiger partial charge is 0.484 e. The maximum atomic E-state index is 13.5. The van der Waals surface area contributed by atoms with Crippen molar-refractivity contribution in [1.82, 2.24) is 39.9 Å². The Morgan fingerprint density at radius 2 is 1.71 bits per heavy atom. The van der Waals surface area contributed by atoms with Crippen molar-refractivity contribution in [3.8, 4) is 17.1 Å². The number of urea groups is 1. The number of carbonyl (C=O) groups excluding carboxylic acids is 1. The predicted molar refractivity (Wildman–Crippen MR) is 193 cm³/mol. The summed E-state index contributed by atoms with van der Waals surface area (Å²) in [5.41, 5.74) is 4.13. The van der Waals surface area contributed by atoms with Crippen LogP contribution in [0.4, 0.5) is 10.6 Å². The van der Waals surface area contributed by atoms with Gasteiger partial charge in [0.05, 0.1) is 40.1 Å². The Hall–Kier alpha value is -4.16. The fourth-order valence-corrected chi connectivity index (χ4v) is 7.11. The summed E-state index contributed by atoms with van der Waals surface area (Å²) in [7, 11) is 0. The van der Waals surface area contributed by atoms with E-state index in [9.17, 15) is 4.79 Å². The van der Waals surface area contributed by atoms with Crippen molar-refractivity contribution in [1.29, 1.82) is 0 Å². The highest BCUT2D eigenvalue weighted by molar-refractivity contribution is 6.39. The predicted octanol–water partition coefficient (Wildman–Crippen LogP) is 6.88. The summed E-state index contributed by atoms with van der Waals surface area (Å²) < 4.78 is 10.4. The van der Waals surface area contributed by atoms with Crippen molar-refractivity contribution in [2.75, 3.05) is 38.0 Å². The maximum Gasteiger partial charge on any atom is 0.320 e. The first-order valence-electron chi connectivity index (χ1n) is 16.8. The van der Waals surface area contributed by atoms with Crippen LogP contribution in [0.3, 0.4) is 0 Å². The Kier molecular flexibility index (Phi) is 9.52. The Bertz CT molecular complexity index is 1940. The lowest BCUT2D eigenvalue weighted by Gasteiger charge is -2.32. The minimum Gasteiger partial charge on any atom is -0.484 e. The van der Waals surface area contributed by atoms with Gasteiger partial charge in [0.1, 0.15) is 17.7 Å². The SMILES string of the molecule is CC(C)(C)c1cc(NC(=O)N[C@H]2CC[C@@H](Oc3ccc4nnc(-c5c(Cl)cccc5Cl)n4c3)c3ccccc32)n(CCN2CCNCC2)n1. The van der Waals surface area contributed by atoms with Gasteiger partial charge in [0.15, 0.2) is 11.5 Å². The monoisotopic (exact) mass is 701 g/mol. The molecule has 256 valence electrons. The second-order valence-electron chi connectivity index (χ2n) is 13.7. The molecule has 1 fully saturated rings. The molecule has 5 aromatic rings. The zero-order chi connectivity index (χ0) is 34.1. The summed E-state index contributed by atoms with van der Waals surface area (Å²) in [4.78, 5) is 16.0. The number of anilines is 1. The van der Waals surface area contributed by atoms with Gasteiger partial charge in [-0.25, -0.2) is 9.48 Å². The van der Waals surface area contributed by atoms with Gasteiger partial charge in [-0.05, 0) is 48.2 Å². The van der Waals surface area contributed by atoms with Crippen LogP contribution in [0.25, 0.3) is 17.0 Å². The highest BCUT2D eigenvalue weighted by atomic mass is 35.5. The molecule has 0 unspecified atom stereocenters. The Labute approximate surface area is 295 Å². The van der Waals surface area contributed by atoms with Gasteiger partial charge >= 0.3 is 6.03 Å². The Morgan fingerprint density at radius 3 is 2.47 bits per heavy atom. The number of carbonyl (C=O) groups is 1. The lowest BCUT2D eigenvalue weighted by atomic mass is 9.85. The summed E-state index contributed by atoms with van der Waals surface area (Å²) >= 11 is 13.0. The molecular weight excluding hydrogens is 661 g/mol. The second-order valence-corrected chi connectivity index (χ2v) is 14.5. The van der Waals surface area contributed by atoms with E-state index in [1.54, 1.807) is 18.2 Å². The van der Waals surface area contributed by atoms with Crippen molar-refractivity contribution in [2.45, 2.75) is 57.7 Å². The first-order valence-corrected chi connectivity index (χ1v) is 17.5. The minimum absolute atomic E-state index is 0.146. The molecule has 1 saturated heterocycles. The molecule has 0 bridgehead atoms. The summed E-state index contributed by atoms with van der Waals surface area (Å²) in [5, 5.41) is 24.3. The van der Waals surface area contributed by atoms with E-state index in [0.717, 1.165) is 49.5 Å². The third kappa shape index (κ3) is 7.26. The molecule has 2 atom stereocenters. The molecule has 49 heavy (non-hydrogen) atoms. The van der Waals surface area contributed by atoms with Gasteiger partial charge < -0.3 is 15.4 Å². The van der Waals surface area contributed by atoms with Crippen molar-refractivity contribution in [3.63, 3.8) is 0 Å². The number of halogens is 2. The average molecular weight is 703 g/mol. The van der Waals surface area contributed by atoms with E-state index >= 15 is 0 Å². The van der Waals surface area contributed by atoms with E-state index in [4.69, 9.17) is 33.0 Å². The van der Waals surface area contributed by atoms with Gasteiger partial charge in [0.2, 0.25) is 0 Å². The molecule has 2 aromatic carbocycles. The zero-order valence-electron chi connectivity index (χ0n) is 27.9. The number of nitrogens with one attached hydrogen (secondary N) is 3. The van der Waals surface area contributed by atoms with Crippen LogP contribution in [-0.2, 0) is 12.0 Å². The molecule has 1 aliphatic carbocycles. The number of benzene rings is 2. The summed E-state index contributed by atoms with van der Waals surface area (Å²) in [5.74, 6) is 1.89. The van der Waals surface area contributed by atoms with Crippen molar-refractivity contribution < 1.29 is 9.53 Å². The van der Waals surface area contributed by atoms with Crippen LogP contribution in [0, 0.1) is 0 Å². The normalized spacial score (nSPS) is 18.3. The Morgan fingerprint density at radius 1 is 0.959 bits per heavy atom. The van der Waals surface area contributed by atoms with Crippen molar-refractivity contribution in [3.05, 3.63) is 93.7 Å². The number of fused-ring (bicyclic) bond motifs is 2. The van der Waals surface area contributed by atoms with Gasteiger partial charge in [-0.2, -0.15) is 5.10 Å². The van der Waals surface area contributed by atoms with Crippen LogP contribution < -0.4 is 20.7 Å². The zero-order valence-corrected chi connectivity index (χ0v) is 29.4.